The van der Waals surface area contributed by atoms with E-state index in [0.29, 0.717) is 11.3 Å². The first-order valence-electron chi connectivity index (χ1n) is 6.21. The van der Waals surface area contributed by atoms with Crippen molar-refractivity contribution in [3.05, 3.63) is 59.7 Å². The molecule has 2 aromatic carbocycles. The van der Waals surface area contributed by atoms with Crippen LogP contribution in [0.1, 0.15) is 15.9 Å². The Morgan fingerprint density at radius 2 is 1.86 bits per heavy atom. The van der Waals surface area contributed by atoms with Crippen LogP contribution in [-0.2, 0) is 16.4 Å². The molecular weight excluding hydrogens is 290 g/mol. The Morgan fingerprint density at radius 1 is 1.14 bits per heavy atom. The van der Waals surface area contributed by atoms with Crippen molar-refractivity contribution in [3.63, 3.8) is 0 Å². The molecule has 0 aliphatic rings. The van der Waals surface area contributed by atoms with E-state index < -0.39 is 15.7 Å². The fourth-order valence-corrected chi connectivity index (χ4v) is 2.49. The van der Waals surface area contributed by atoms with Crippen LogP contribution in [-0.4, -0.2) is 25.7 Å². The number of anilines is 1. The number of amides is 1. The fraction of sp³-hybridized carbons (Fsp3) is 0.133. The van der Waals surface area contributed by atoms with E-state index in [9.17, 15) is 13.2 Å². The summed E-state index contributed by atoms with van der Waals surface area (Å²) in [5, 5.41) is 11.7. The summed E-state index contributed by atoms with van der Waals surface area (Å²) < 4.78 is 23.0. The van der Waals surface area contributed by atoms with Crippen LogP contribution in [0.4, 0.5) is 5.69 Å². The van der Waals surface area contributed by atoms with E-state index in [1.54, 1.807) is 30.3 Å². The summed E-state index contributed by atoms with van der Waals surface area (Å²) in [7, 11) is -3.36. The van der Waals surface area contributed by atoms with Crippen LogP contribution in [0.25, 0.3) is 0 Å². The summed E-state index contributed by atoms with van der Waals surface area (Å²) in [4.78, 5) is 12.2. The molecule has 0 fully saturated rings. The van der Waals surface area contributed by atoms with Crippen molar-refractivity contribution in [1.82, 2.24) is 0 Å². The van der Waals surface area contributed by atoms with E-state index in [-0.39, 0.29) is 17.1 Å². The van der Waals surface area contributed by atoms with E-state index in [1.165, 1.54) is 18.2 Å². The van der Waals surface area contributed by atoms with Gasteiger partial charge in [-0.3, -0.25) is 4.79 Å². The van der Waals surface area contributed by atoms with E-state index in [4.69, 9.17) is 5.11 Å². The lowest BCUT2D eigenvalue weighted by Gasteiger charge is -2.07. The monoisotopic (exact) mass is 305 g/mol. The maximum absolute atomic E-state index is 12.1. The first-order valence-corrected chi connectivity index (χ1v) is 8.10. The van der Waals surface area contributed by atoms with Crippen LogP contribution in [0.2, 0.25) is 0 Å². The Morgan fingerprint density at radius 3 is 2.52 bits per heavy atom. The quantitative estimate of drug-likeness (QED) is 0.902. The molecule has 1 amide bonds. The third kappa shape index (κ3) is 3.90. The third-order valence-electron chi connectivity index (χ3n) is 2.89. The first-order chi connectivity index (χ1) is 9.90. The molecule has 110 valence electrons. The second kappa shape index (κ2) is 6.07. The average molecular weight is 305 g/mol. The summed E-state index contributed by atoms with van der Waals surface area (Å²) in [6, 6.07) is 12.6. The number of sulfone groups is 1. The minimum Gasteiger partial charge on any atom is -0.392 e. The van der Waals surface area contributed by atoms with Gasteiger partial charge in [-0.15, -0.1) is 0 Å². The molecule has 0 saturated heterocycles. The average Bonchev–Trinajstić information content (AvgIpc) is 2.46. The molecule has 21 heavy (non-hydrogen) atoms. The highest BCUT2D eigenvalue weighted by Crippen LogP contribution is 2.15. The Balaban J connectivity index is 2.24. The Bertz CT molecular complexity index is 769. The predicted molar refractivity (Wildman–Crippen MR) is 79.9 cm³/mol. The second-order valence-corrected chi connectivity index (χ2v) is 6.63. The van der Waals surface area contributed by atoms with Crippen molar-refractivity contribution in [2.45, 2.75) is 11.5 Å². The number of hydrogen-bond acceptors (Lipinski definition) is 4. The maximum Gasteiger partial charge on any atom is 0.255 e. The summed E-state index contributed by atoms with van der Waals surface area (Å²) in [5.74, 6) is -0.407. The lowest BCUT2D eigenvalue weighted by Crippen LogP contribution is -2.12. The zero-order valence-corrected chi connectivity index (χ0v) is 12.2. The summed E-state index contributed by atoms with van der Waals surface area (Å²) >= 11 is 0. The van der Waals surface area contributed by atoms with Gasteiger partial charge in [0.2, 0.25) is 0 Å². The standard InChI is InChI=1S/C15H15NO4S/c1-21(19,20)14-7-3-5-12(9-14)15(18)16-13-6-2-4-11(8-13)10-17/h2-9,17H,10H2,1H3,(H,16,18). The summed E-state index contributed by atoms with van der Waals surface area (Å²) in [6.45, 7) is -0.118. The number of rotatable bonds is 4. The molecule has 6 heteroatoms. The van der Waals surface area contributed by atoms with Crippen LogP contribution in [0.3, 0.4) is 0 Å². The summed E-state index contributed by atoms with van der Waals surface area (Å²) in [6.07, 6.45) is 1.09. The molecular formula is C15H15NO4S. The van der Waals surface area contributed by atoms with Gasteiger partial charge in [0.05, 0.1) is 11.5 Å². The SMILES string of the molecule is CS(=O)(=O)c1cccc(C(=O)Nc2cccc(CO)c2)c1. The minimum absolute atomic E-state index is 0.0965. The molecule has 0 bridgehead atoms. The molecule has 0 unspecified atom stereocenters. The third-order valence-corrected chi connectivity index (χ3v) is 4.00. The smallest absolute Gasteiger partial charge is 0.255 e. The van der Waals surface area contributed by atoms with Gasteiger partial charge in [0.25, 0.3) is 5.91 Å². The minimum atomic E-state index is -3.36. The Hall–Kier alpha value is -2.18. The number of aliphatic hydroxyl groups excluding tert-OH is 1. The highest BCUT2D eigenvalue weighted by atomic mass is 32.2. The van der Waals surface area contributed by atoms with Crippen LogP contribution in [0.5, 0.6) is 0 Å². The van der Waals surface area contributed by atoms with Gasteiger partial charge in [-0.25, -0.2) is 8.42 Å². The highest BCUT2D eigenvalue weighted by molar-refractivity contribution is 7.90. The van der Waals surface area contributed by atoms with E-state index in [0.717, 1.165) is 6.26 Å². The zero-order valence-electron chi connectivity index (χ0n) is 11.4. The Kier molecular flexibility index (Phi) is 4.40. The van der Waals surface area contributed by atoms with Gasteiger partial charge >= 0.3 is 0 Å². The van der Waals surface area contributed by atoms with Crippen LogP contribution < -0.4 is 5.32 Å². The van der Waals surface area contributed by atoms with Crippen LogP contribution >= 0.6 is 0 Å². The molecule has 2 N–H and O–H groups in total. The molecule has 0 aliphatic carbocycles. The number of carbonyl (C=O) groups excluding carboxylic acids is 1. The largest absolute Gasteiger partial charge is 0.392 e. The normalized spacial score (nSPS) is 11.1. The molecule has 5 nitrogen and oxygen atoms in total. The van der Waals surface area contributed by atoms with Crippen molar-refractivity contribution in [1.29, 1.82) is 0 Å². The van der Waals surface area contributed by atoms with Gasteiger partial charge in [-0.05, 0) is 35.9 Å². The highest BCUT2D eigenvalue weighted by Gasteiger charge is 2.11. The number of nitrogens with one attached hydrogen (secondary N) is 1. The number of benzene rings is 2. The van der Waals surface area contributed by atoms with Crippen LogP contribution in [0.15, 0.2) is 53.4 Å². The second-order valence-electron chi connectivity index (χ2n) is 4.61. The van der Waals surface area contributed by atoms with Gasteiger partial charge in [0, 0.05) is 17.5 Å². The van der Waals surface area contributed by atoms with Gasteiger partial charge < -0.3 is 10.4 Å². The van der Waals surface area contributed by atoms with Gasteiger partial charge in [-0.1, -0.05) is 18.2 Å². The van der Waals surface area contributed by atoms with E-state index >= 15 is 0 Å². The number of aliphatic hydroxyl groups is 1. The molecule has 0 atom stereocenters. The molecule has 0 spiro atoms. The lowest BCUT2D eigenvalue weighted by atomic mass is 10.2. The van der Waals surface area contributed by atoms with E-state index in [2.05, 4.69) is 5.32 Å². The molecule has 0 aromatic heterocycles. The van der Waals surface area contributed by atoms with Gasteiger partial charge in [0.1, 0.15) is 0 Å². The molecule has 0 aliphatic heterocycles. The maximum atomic E-state index is 12.1. The molecule has 2 rings (SSSR count). The molecule has 0 saturated carbocycles. The van der Waals surface area contributed by atoms with Crippen molar-refractivity contribution < 1.29 is 18.3 Å². The van der Waals surface area contributed by atoms with Gasteiger partial charge in [-0.2, -0.15) is 0 Å². The van der Waals surface area contributed by atoms with E-state index in [1.807, 2.05) is 0 Å². The van der Waals surface area contributed by atoms with Gasteiger partial charge in [0.15, 0.2) is 9.84 Å². The number of carbonyl (C=O) groups is 1. The first kappa shape index (κ1) is 15.2. The van der Waals surface area contributed by atoms with Crippen molar-refractivity contribution in [2.75, 3.05) is 11.6 Å². The topological polar surface area (TPSA) is 83.5 Å². The van der Waals surface area contributed by atoms with Crippen LogP contribution in [0, 0.1) is 0 Å². The summed E-state index contributed by atoms with van der Waals surface area (Å²) in [5.41, 5.74) is 1.47. The zero-order chi connectivity index (χ0) is 15.5. The van der Waals surface area contributed by atoms with Crippen molar-refractivity contribution in [3.8, 4) is 0 Å². The van der Waals surface area contributed by atoms with Crippen molar-refractivity contribution in [2.24, 2.45) is 0 Å². The number of hydrogen-bond donors (Lipinski definition) is 2. The molecule has 0 heterocycles. The fourth-order valence-electron chi connectivity index (χ4n) is 1.82. The molecule has 0 radical (unpaired) electrons. The molecule has 2 aromatic rings. The Labute approximate surface area is 123 Å². The lowest BCUT2D eigenvalue weighted by molar-refractivity contribution is 0.102. The van der Waals surface area contributed by atoms with Crippen molar-refractivity contribution >= 4 is 21.4 Å². The predicted octanol–water partition coefficient (Wildman–Crippen LogP) is 1.83.